The highest BCUT2D eigenvalue weighted by molar-refractivity contribution is 6.33. The largest absolute Gasteiger partial charge is 0.477 e. The number of carboxylic acids is 1. The molecule has 0 atom stereocenters. The summed E-state index contributed by atoms with van der Waals surface area (Å²) in [5, 5.41) is 9.76. The standard InChI is InChI=1S/C15H14ClN3O2/c16-11-6-2-1-5-10(11)14-17-12(15(20)21)9-13(18-14)19-7-3-4-8-19/h1-2,5-6,9H,3-4,7-8H2,(H,20,21). The van der Waals surface area contributed by atoms with Crippen LogP contribution in [0.2, 0.25) is 5.02 Å². The average molecular weight is 304 g/mol. The summed E-state index contributed by atoms with van der Waals surface area (Å²) in [4.78, 5) is 22.0. The number of aromatic carboxylic acids is 1. The van der Waals surface area contributed by atoms with Crippen molar-refractivity contribution in [2.45, 2.75) is 12.8 Å². The van der Waals surface area contributed by atoms with Crippen molar-refractivity contribution in [3.05, 3.63) is 41.0 Å². The molecule has 2 aromatic rings. The van der Waals surface area contributed by atoms with Crippen molar-refractivity contribution in [2.24, 2.45) is 0 Å². The van der Waals surface area contributed by atoms with Crippen molar-refractivity contribution in [1.29, 1.82) is 0 Å². The minimum absolute atomic E-state index is 0.0122. The Morgan fingerprint density at radius 3 is 2.57 bits per heavy atom. The molecule has 1 saturated heterocycles. The van der Waals surface area contributed by atoms with E-state index in [0.29, 0.717) is 22.2 Å². The quantitative estimate of drug-likeness (QED) is 0.944. The summed E-state index contributed by atoms with van der Waals surface area (Å²) in [6, 6.07) is 8.69. The molecule has 1 aromatic carbocycles. The molecule has 5 nitrogen and oxygen atoms in total. The van der Waals surface area contributed by atoms with Gasteiger partial charge in [-0.2, -0.15) is 0 Å². The van der Waals surface area contributed by atoms with E-state index in [9.17, 15) is 9.90 Å². The molecule has 0 aliphatic carbocycles. The smallest absolute Gasteiger partial charge is 0.354 e. The van der Waals surface area contributed by atoms with Gasteiger partial charge < -0.3 is 10.0 Å². The van der Waals surface area contributed by atoms with Gasteiger partial charge in [0.25, 0.3) is 0 Å². The lowest BCUT2D eigenvalue weighted by atomic mass is 10.2. The molecule has 1 aromatic heterocycles. The Kier molecular flexibility index (Phi) is 3.75. The fraction of sp³-hybridized carbons (Fsp3) is 0.267. The molecule has 1 N–H and O–H groups in total. The lowest BCUT2D eigenvalue weighted by Gasteiger charge is -2.17. The first kappa shape index (κ1) is 13.8. The molecule has 1 aliphatic heterocycles. The van der Waals surface area contributed by atoms with Gasteiger partial charge in [0.15, 0.2) is 11.5 Å². The summed E-state index contributed by atoms with van der Waals surface area (Å²) in [5.41, 5.74) is 0.629. The summed E-state index contributed by atoms with van der Waals surface area (Å²) in [5.74, 6) is -0.0663. The van der Waals surface area contributed by atoms with E-state index in [-0.39, 0.29) is 5.69 Å². The normalized spacial score (nSPS) is 14.4. The van der Waals surface area contributed by atoms with E-state index in [4.69, 9.17) is 11.6 Å². The van der Waals surface area contributed by atoms with Crippen LogP contribution >= 0.6 is 11.6 Å². The second kappa shape index (κ2) is 5.69. The molecule has 0 spiro atoms. The third-order valence-electron chi connectivity index (χ3n) is 3.48. The zero-order chi connectivity index (χ0) is 14.8. The first-order valence-electron chi connectivity index (χ1n) is 6.77. The molecule has 6 heteroatoms. The minimum Gasteiger partial charge on any atom is -0.477 e. The average Bonchev–Trinajstić information content (AvgIpc) is 3.01. The number of anilines is 1. The monoisotopic (exact) mass is 303 g/mol. The number of rotatable bonds is 3. The van der Waals surface area contributed by atoms with Crippen LogP contribution in [0.15, 0.2) is 30.3 Å². The molecule has 1 aliphatic rings. The SMILES string of the molecule is O=C(O)c1cc(N2CCCC2)nc(-c2ccccc2Cl)n1. The maximum absolute atomic E-state index is 11.3. The Balaban J connectivity index is 2.11. The van der Waals surface area contributed by atoms with E-state index < -0.39 is 5.97 Å². The Hall–Kier alpha value is -2.14. The van der Waals surface area contributed by atoms with Gasteiger partial charge in [-0.15, -0.1) is 0 Å². The van der Waals surface area contributed by atoms with Crippen LogP contribution in [0.4, 0.5) is 5.82 Å². The number of carboxylic acid groups (broad SMARTS) is 1. The number of halogens is 1. The molecule has 3 rings (SSSR count). The van der Waals surface area contributed by atoms with E-state index in [1.54, 1.807) is 12.1 Å². The van der Waals surface area contributed by atoms with E-state index in [1.165, 1.54) is 6.07 Å². The van der Waals surface area contributed by atoms with E-state index >= 15 is 0 Å². The maximum atomic E-state index is 11.3. The van der Waals surface area contributed by atoms with Gasteiger partial charge in [0.2, 0.25) is 0 Å². The Labute approximate surface area is 127 Å². The van der Waals surface area contributed by atoms with Gasteiger partial charge in [-0.3, -0.25) is 0 Å². The minimum atomic E-state index is -1.06. The fourth-order valence-electron chi connectivity index (χ4n) is 2.42. The van der Waals surface area contributed by atoms with Gasteiger partial charge in [-0.1, -0.05) is 23.7 Å². The number of aromatic nitrogens is 2. The molecular formula is C15H14ClN3O2. The summed E-state index contributed by atoms with van der Waals surface area (Å²) < 4.78 is 0. The maximum Gasteiger partial charge on any atom is 0.354 e. The van der Waals surface area contributed by atoms with Gasteiger partial charge in [-0.05, 0) is 25.0 Å². The van der Waals surface area contributed by atoms with Crippen LogP contribution in [0.25, 0.3) is 11.4 Å². The zero-order valence-corrected chi connectivity index (χ0v) is 12.0. The van der Waals surface area contributed by atoms with Crippen LogP contribution in [-0.4, -0.2) is 34.1 Å². The Morgan fingerprint density at radius 2 is 1.90 bits per heavy atom. The van der Waals surface area contributed by atoms with Crippen LogP contribution in [0.3, 0.4) is 0 Å². The summed E-state index contributed by atoms with van der Waals surface area (Å²) in [6.07, 6.45) is 2.18. The predicted octanol–water partition coefficient (Wildman–Crippen LogP) is 3.10. The van der Waals surface area contributed by atoms with Crippen molar-refractivity contribution in [3.63, 3.8) is 0 Å². The third kappa shape index (κ3) is 2.83. The predicted molar refractivity (Wildman–Crippen MR) is 80.9 cm³/mol. The number of carbonyl (C=O) groups is 1. The van der Waals surface area contributed by atoms with Crippen molar-refractivity contribution >= 4 is 23.4 Å². The second-order valence-electron chi connectivity index (χ2n) is 4.91. The second-order valence-corrected chi connectivity index (χ2v) is 5.32. The van der Waals surface area contributed by atoms with E-state index in [2.05, 4.69) is 14.9 Å². The van der Waals surface area contributed by atoms with E-state index in [1.807, 2.05) is 12.1 Å². The fourth-order valence-corrected chi connectivity index (χ4v) is 2.64. The first-order valence-corrected chi connectivity index (χ1v) is 7.15. The molecular weight excluding hydrogens is 290 g/mol. The molecule has 0 radical (unpaired) electrons. The van der Waals surface area contributed by atoms with Gasteiger partial charge in [-0.25, -0.2) is 14.8 Å². The number of hydrogen-bond acceptors (Lipinski definition) is 4. The molecule has 0 bridgehead atoms. The molecule has 0 unspecified atom stereocenters. The molecule has 2 heterocycles. The summed E-state index contributed by atoms with van der Waals surface area (Å²) in [6.45, 7) is 1.77. The van der Waals surface area contributed by atoms with Crippen molar-refractivity contribution in [2.75, 3.05) is 18.0 Å². The van der Waals surface area contributed by atoms with Crippen LogP contribution in [-0.2, 0) is 0 Å². The number of nitrogens with zero attached hydrogens (tertiary/aromatic N) is 3. The van der Waals surface area contributed by atoms with Crippen molar-refractivity contribution < 1.29 is 9.90 Å². The van der Waals surface area contributed by atoms with Crippen molar-refractivity contribution in [1.82, 2.24) is 9.97 Å². The molecule has 108 valence electrons. The topological polar surface area (TPSA) is 66.3 Å². The Morgan fingerprint density at radius 1 is 1.19 bits per heavy atom. The summed E-state index contributed by atoms with van der Waals surface area (Å²) in [7, 11) is 0. The first-order chi connectivity index (χ1) is 10.1. The Bertz CT molecular complexity index is 684. The number of benzene rings is 1. The van der Waals surface area contributed by atoms with Crippen LogP contribution < -0.4 is 4.90 Å². The zero-order valence-electron chi connectivity index (χ0n) is 11.3. The highest BCUT2D eigenvalue weighted by Gasteiger charge is 2.19. The van der Waals surface area contributed by atoms with Gasteiger partial charge in [0, 0.05) is 24.7 Å². The molecule has 0 amide bonds. The van der Waals surface area contributed by atoms with Crippen LogP contribution in [0.5, 0.6) is 0 Å². The van der Waals surface area contributed by atoms with Crippen LogP contribution in [0, 0.1) is 0 Å². The highest BCUT2D eigenvalue weighted by Crippen LogP contribution is 2.27. The van der Waals surface area contributed by atoms with Crippen molar-refractivity contribution in [3.8, 4) is 11.4 Å². The van der Waals surface area contributed by atoms with Crippen LogP contribution in [0.1, 0.15) is 23.3 Å². The van der Waals surface area contributed by atoms with Gasteiger partial charge in [0.1, 0.15) is 5.82 Å². The molecule has 0 saturated carbocycles. The molecule has 1 fully saturated rings. The van der Waals surface area contributed by atoms with Gasteiger partial charge >= 0.3 is 5.97 Å². The summed E-state index contributed by atoms with van der Waals surface area (Å²) >= 11 is 6.16. The molecule has 21 heavy (non-hydrogen) atoms. The van der Waals surface area contributed by atoms with Gasteiger partial charge in [0.05, 0.1) is 5.02 Å². The van der Waals surface area contributed by atoms with E-state index in [0.717, 1.165) is 25.9 Å². The third-order valence-corrected chi connectivity index (χ3v) is 3.81. The number of hydrogen-bond donors (Lipinski definition) is 1. The lowest BCUT2D eigenvalue weighted by molar-refractivity contribution is 0.0690. The lowest BCUT2D eigenvalue weighted by Crippen LogP contribution is -2.20. The highest BCUT2D eigenvalue weighted by atomic mass is 35.5.